The van der Waals surface area contributed by atoms with Crippen LogP contribution in [0.1, 0.15) is 16.7 Å². The monoisotopic (exact) mass is 507 g/mol. The van der Waals surface area contributed by atoms with E-state index in [4.69, 9.17) is 23.2 Å². The Labute approximate surface area is 201 Å². The number of amides is 1. The Balaban J connectivity index is 1.47. The number of hydrogen-bond acceptors (Lipinski definition) is 4. The molecule has 1 N–H and O–H groups in total. The Hall–Kier alpha value is -2.81. The number of aromatic nitrogens is 1. The quantitative estimate of drug-likeness (QED) is 0.393. The zero-order chi connectivity index (χ0) is 23.6. The summed E-state index contributed by atoms with van der Waals surface area (Å²) >= 11 is 13.3. The lowest BCUT2D eigenvalue weighted by molar-refractivity contribution is -0.137. The lowest BCUT2D eigenvalue weighted by atomic mass is 10.1. The predicted molar refractivity (Wildman–Crippen MR) is 126 cm³/mol. The third kappa shape index (κ3) is 5.76. The molecule has 0 atom stereocenters. The van der Waals surface area contributed by atoms with Crippen molar-refractivity contribution in [3.05, 3.63) is 93.2 Å². The Bertz CT molecular complexity index is 1260. The number of amidine groups is 1. The van der Waals surface area contributed by atoms with E-state index in [2.05, 4.69) is 15.3 Å². The number of hydrogen-bond donors (Lipinski definition) is 1. The Kier molecular flexibility index (Phi) is 6.78. The second kappa shape index (κ2) is 9.59. The smallest absolute Gasteiger partial charge is 0.300 e. The molecule has 0 unspecified atom stereocenters. The molecule has 33 heavy (non-hydrogen) atoms. The number of pyridine rings is 1. The van der Waals surface area contributed by atoms with Crippen molar-refractivity contribution in [2.24, 2.45) is 4.99 Å². The summed E-state index contributed by atoms with van der Waals surface area (Å²) in [6.45, 7) is 0. The van der Waals surface area contributed by atoms with Gasteiger partial charge in [-0.15, -0.1) is 0 Å². The zero-order valence-electron chi connectivity index (χ0n) is 16.7. The SMILES string of the molecule is O=C1NC(SCc2ccc(Cl)cc2)=NC1=Cc1ccc(-c2ncc(C(F)(F)F)cc2Cl)cc1. The highest BCUT2D eigenvalue weighted by Gasteiger charge is 2.31. The van der Waals surface area contributed by atoms with E-state index in [1.165, 1.54) is 11.8 Å². The first-order chi connectivity index (χ1) is 15.7. The molecule has 1 aliphatic heterocycles. The molecule has 0 saturated carbocycles. The fourth-order valence-corrected chi connectivity index (χ4v) is 4.17. The molecule has 3 aromatic rings. The van der Waals surface area contributed by atoms with Crippen LogP contribution >= 0.6 is 35.0 Å². The van der Waals surface area contributed by atoms with Gasteiger partial charge in [-0.1, -0.05) is 71.4 Å². The number of alkyl halides is 3. The molecule has 10 heteroatoms. The standard InChI is InChI=1S/C23H14Cl2F3N3OS/c24-17-7-3-14(4-8-17)12-33-22-30-19(21(32)31-22)9-13-1-5-15(6-2-13)20-18(25)10-16(11-29-20)23(26,27)28/h1-11H,12H2,(H,30,31,32). The Morgan fingerprint density at radius 3 is 2.36 bits per heavy atom. The van der Waals surface area contributed by atoms with E-state index in [-0.39, 0.29) is 22.3 Å². The molecule has 1 amide bonds. The van der Waals surface area contributed by atoms with E-state index in [0.29, 0.717) is 27.1 Å². The van der Waals surface area contributed by atoms with Crippen LogP contribution in [0.5, 0.6) is 0 Å². The fraction of sp³-hybridized carbons (Fsp3) is 0.0870. The highest BCUT2D eigenvalue weighted by atomic mass is 35.5. The molecule has 1 aliphatic rings. The average molecular weight is 508 g/mol. The van der Waals surface area contributed by atoms with Crippen molar-refractivity contribution in [2.45, 2.75) is 11.9 Å². The number of halogens is 5. The summed E-state index contributed by atoms with van der Waals surface area (Å²) in [5.41, 5.74) is 1.87. The summed E-state index contributed by atoms with van der Waals surface area (Å²) < 4.78 is 38.4. The molecule has 0 bridgehead atoms. The summed E-state index contributed by atoms with van der Waals surface area (Å²) in [7, 11) is 0. The van der Waals surface area contributed by atoms with Crippen LogP contribution in [0, 0.1) is 0 Å². The minimum absolute atomic E-state index is 0.0990. The molecule has 2 aromatic carbocycles. The van der Waals surface area contributed by atoms with Gasteiger partial charge in [-0.05, 0) is 35.4 Å². The van der Waals surface area contributed by atoms with Crippen molar-refractivity contribution < 1.29 is 18.0 Å². The third-order valence-electron chi connectivity index (χ3n) is 4.62. The van der Waals surface area contributed by atoms with Crippen LogP contribution in [0.15, 0.2) is 71.5 Å². The molecular weight excluding hydrogens is 494 g/mol. The van der Waals surface area contributed by atoms with E-state index in [1.54, 1.807) is 42.5 Å². The molecule has 2 heterocycles. The van der Waals surface area contributed by atoms with Gasteiger partial charge in [0.15, 0.2) is 5.17 Å². The first-order valence-electron chi connectivity index (χ1n) is 9.51. The van der Waals surface area contributed by atoms with Gasteiger partial charge in [-0.3, -0.25) is 15.1 Å². The first kappa shape index (κ1) is 23.4. The second-order valence-corrected chi connectivity index (χ2v) is 8.80. The van der Waals surface area contributed by atoms with E-state index in [1.807, 2.05) is 12.1 Å². The number of thioether (sulfide) groups is 1. The summed E-state index contributed by atoms with van der Waals surface area (Å²) in [6, 6.07) is 15.0. The third-order valence-corrected chi connectivity index (χ3v) is 6.10. The molecule has 0 radical (unpaired) electrons. The molecule has 1 aromatic heterocycles. The molecule has 0 aliphatic carbocycles. The minimum Gasteiger partial charge on any atom is -0.300 e. The molecule has 0 spiro atoms. The van der Waals surface area contributed by atoms with Crippen molar-refractivity contribution in [1.82, 2.24) is 10.3 Å². The van der Waals surface area contributed by atoms with Gasteiger partial charge < -0.3 is 0 Å². The normalized spacial score (nSPS) is 15.0. The number of carbonyl (C=O) groups is 1. The van der Waals surface area contributed by atoms with Crippen molar-refractivity contribution >= 4 is 52.1 Å². The number of rotatable bonds is 4. The highest BCUT2D eigenvalue weighted by molar-refractivity contribution is 8.13. The van der Waals surface area contributed by atoms with E-state index in [0.717, 1.165) is 17.8 Å². The highest BCUT2D eigenvalue weighted by Crippen LogP contribution is 2.34. The number of benzene rings is 2. The first-order valence-corrected chi connectivity index (χ1v) is 11.3. The maximum Gasteiger partial charge on any atom is 0.417 e. The van der Waals surface area contributed by atoms with Crippen molar-refractivity contribution in [2.75, 3.05) is 0 Å². The molecule has 0 fully saturated rings. The van der Waals surface area contributed by atoms with Crippen molar-refractivity contribution in [3.8, 4) is 11.3 Å². The Morgan fingerprint density at radius 2 is 1.73 bits per heavy atom. The van der Waals surface area contributed by atoms with Gasteiger partial charge in [0.1, 0.15) is 5.70 Å². The topological polar surface area (TPSA) is 54.4 Å². The summed E-state index contributed by atoms with van der Waals surface area (Å²) in [4.78, 5) is 20.4. The van der Waals surface area contributed by atoms with E-state index < -0.39 is 11.7 Å². The van der Waals surface area contributed by atoms with Crippen LogP contribution in [-0.2, 0) is 16.7 Å². The largest absolute Gasteiger partial charge is 0.417 e. The van der Waals surface area contributed by atoms with Crippen molar-refractivity contribution in [1.29, 1.82) is 0 Å². The van der Waals surface area contributed by atoms with E-state index >= 15 is 0 Å². The number of carbonyl (C=O) groups excluding carboxylic acids is 1. The van der Waals surface area contributed by atoms with Gasteiger partial charge in [0.2, 0.25) is 0 Å². The van der Waals surface area contributed by atoms with E-state index in [9.17, 15) is 18.0 Å². The van der Waals surface area contributed by atoms with Gasteiger partial charge in [0, 0.05) is 22.5 Å². The molecular formula is C23H14Cl2F3N3OS. The lowest BCUT2D eigenvalue weighted by Gasteiger charge is -2.09. The fourth-order valence-electron chi connectivity index (χ4n) is 2.95. The average Bonchev–Trinajstić information content (AvgIpc) is 3.12. The van der Waals surface area contributed by atoms with Crippen LogP contribution in [0.25, 0.3) is 17.3 Å². The summed E-state index contributed by atoms with van der Waals surface area (Å²) in [5, 5.41) is 3.78. The van der Waals surface area contributed by atoms with Gasteiger partial charge in [-0.25, -0.2) is 4.99 Å². The maximum atomic E-state index is 12.8. The van der Waals surface area contributed by atoms with Gasteiger partial charge in [0.05, 0.1) is 16.3 Å². The van der Waals surface area contributed by atoms with Crippen molar-refractivity contribution in [3.63, 3.8) is 0 Å². The second-order valence-electron chi connectivity index (χ2n) is 6.99. The van der Waals surface area contributed by atoms with Crippen LogP contribution < -0.4 is 5.32 Å². The minimum atomic E-state index is -4.51. The zero-order valence-corrected chi connectivity index (χ0v) is 19.0. The number of aliphatic imine (C=N–C) groups is 1. The molecule has 4 rings (SSSR count). The van der Waals surface area contributed by atoms with Crippen LogP contribution in [-0.4, -0.2) is 16.1 Å². The number of nitrogens with zero attached hydrogens (tertiary/aromatic N) is 2. The molecule has 0 saturated heterocycles. The lowest BCUT2D eigenvalue weighted by Crippen LogP contribution is -2.21. The predicted octanol–water partition coefficient (Wildman–Crippen LogP) is 6.83. The summed E-state index contributed by atoms with van der Waals surface area (Å²) in [5.74, 6) is 0.309. The molecule has 4 nitrogen and oxygen atoms in total. The van der Waals surface area contributed by atoms with Gasteiger partial charge in [0.25, 0.3) is 5.91 Å². The maximum absolute atomic E-state index is 12.8. The van der Waals surface area contributed by atoms with Gasteiger partial charge >= 0.3 is 6.18 Å². The van der Waals surface area contributed by atoms with Crippen LogP contribution in [0.3, 0.4) is 0 Å². The van der Waals surface area contributed by atoms with Gasteiger partial charge in [-0.2, -0.15) is 13.2 Å². The molecule has 168 valence electrons. The number of nitrogens with one attached hydrogen (secondary N) is 1. The summed E-state index contributed by atoms with van der Waals surface area (Å²) in [6.07, 6.45) is -2.14. The van der Waals surface area contributed by atoms with Crippen LogP contribution in [0.2, 0.25) is 10.0 Å². The Morgan fingerprint density at radius 1 is 1.03 bits per heavy atom. The van der Waals surface area contributed by atoms with Crippen LogP contribution in [0.4, 0.5) is 13.2 Å².